The number of ether oxygens (including phenoxy) is 1. The molecular formula is C17H23NO2. The highest BCUT2D eigenvalue weighted by atomic mass is 16.5. The van der Waals surface area contributed by atoms with Gasteiger partial charge in [0.05, 0.1) is 12.1 Å². The highest BCUT2D eigenvalue weighted by molar-refractivity contribution is 5.69. The van der Waals surface area contributed by atoms with E-state index in [9.17, 15) is 4.79 Å². The number of aryl methyl sites for hydroxylation is 1. The van der Waals surface area contributed by atoms with E-state index in [-0.39, 0.29) is 11.6 Å². The normalized spacial score (nSPS) is 28.1. The predicted octanol–water partition coefficient (Wildman–Crippen LogP) is 3.76. The van der Waals surface area contributed by atoms with Gasteiger partial charge in [0.15, 0.2) is 0 Å². The summed E-state index contributed by atoms with van der Waals surface area (Å²) in [4.78, 5) is 12.0. The number of amides is 1. The lowest BCUT2D eigenvalue weighted by molar-refractivity contribution is 0.0909. The molecule has 20 heavy (non-hydrogen) atoms. The van der Waals surface area contributed by atoms with E-state index in [1.54, 1.807) is 0 Å². The number of rotatable bonds is 2. The summed E-state index contributed by atoms with van der Waals surface area (Å²) in [5.41, 5.74) is 2.52. The van der Waals surface area contributed by atoms with Crippen molar-refractivity contribution in [3.05, 3.63) is 35.4 Å². The third-order valence-corrected chi connectivity index (χ3v) is 4.93. The lowest BCUT2D eigenvalue weighted by Gasteiger charge is -2.48. The van der Waals surface area contributed by atoms with Crippen molar-refractivity contribution in [3.8, 4) is 0 Å². The van der Waals surface area contributed by atoms with Crippen molar-refractivity contribution in [2.75, 3.05) is 6.61 Å². The molecular weight excluding hydrogens is 250 g/mol. The second-order valence-electron chi connectivity index (χ2n) is 5.96. The topological polar surface area (TPSA) is 38.3 Å². The number of benzene rings is 1. The Morgan fingerprint density at radius 1 is 1.35 bits per heavy atom. The molecule has 1 amide bonds. The van der Waals surface area contributed by atoms with Gasteiger partial charge < -0.3 is 10.1 Å². The lowest BCUT2D eigenvalue weighted by Crippen LogP contribution is -2.55. The third kappa shape index (κ3) is 2.19. The molecule has 2 aliphatic rings. The molecule has 3 heteroatoms. The minimum absolute atomic E-state index is 0.195. The third-order valence-electron chi connectivity index (χ3n) is 4.93. The van der Waals surface area contributed by atoms with E-state index < -0.39 is 0 Å². The van der Waals surface area contributed by atoms with Crippen molar-refractivity contribution in [3.63, 3.8) is 0 Å². The summed E-state index contributed by atoms with van der Waals surface area (Å²) in [5.74, 6) is 0.551. The number of alkyl carbamates (subject to hydrolysis) is 1. The van der Waals surface area contributed by atoms with Crippen LogP contribution in [0, 0.1) is 5.92 Å². The van der Waals surface area contributed by atoms with Crippen LogP contribution in [0.15, 0.2) is 24.3 Å². The monoisotopic (exact) mass is 273 g/mol. The van der Waals surface area contributed by atoms with Crippen LogP contribution < -0.4 is 5.32 Å². The molecule has 0 saturated heterocycles. The molecule has 2 unspecified atom stereocenters. The molecule has 0 bridgehead atoms. The minimum Gasteiger partial charge on any atom is -0.450 e. The van der Waals surface area contributed by atoms with Crippen LogP contribution >= 0.6 is 0 Å². The summed E-state index contributed by atoms with van der Waals surface area (Å²) in [6, 6.07) is 8.58. The highest BCUT2D eigenvalue weighted by Gasteiger charge is 2.46. The maximum atomic E-state index is 12.0. The van der Waals surface area contributed by atoms with Crippen LogP contribution in [0.25, 0.3) is 0 Å². The fraction of sp³-hybridized carbons (Fsp3) is 0.588. The fourth-order valence-electron chi connectivity index (χ4n) is 4.07. The Bertz CT molecular complexity index is 500. The summed E-state index contributed by atoms with van der Waals surface area (Å²) >= 11 is 0. The highest BCUT2D eigenvalue weighted by Crippen LogP contribution is 2.48. The molecule has 0 aliphatic heterocycles. The molecule has 3 nitrogen and oxygen atoms in total. The van der Waals surface area contributed by atoms with Gasteiger partial charge in [0.2, 0.25) is 0 Å². The molecule has 1 fully saturated rings. The second kappa shape index (κ2) is 5.47. The molecule has 108 valence electrons. The number of nitrogens with one attached hydrogen (secondary N) is 1. The Hall–Kier alpha value is -1.51. The number of carbonyl (C=O) groups is 1. The molecule has 2 atom stereocenters. The molecule has 1 aromatic rings. The molecule has 3 rings (SSSR count). The average Bonchev–Trinajstić information content (AvgIpc) is 2.47. The lowest BCUT2D eigenvalue weighted by atomic mass is 9.62. The first kappa shape index (κ1) is 13.5. The van der Waals surface area contributed by atoms with Crippen LogP contribution in [0.1, 0.15) is 50.2 Å². The van der Waals surface area contributed by atoms with Gasteiger partial charge in [-0.05, 0) is 49.7 Å². The van der Waals surface area contributed by atoms with Gasteiger partial charge in [-0.15, -0.1) is 0 Å². The zero-order valence-corrected chi connectivity index (χ0v) is 12.2. The smallest absolute Gasteiger partial charge is 0.407 e. The molecule has 1 aromatic carbocycles. The van der Waals surface area contributed by atoms with Gasteiger partial charge in [0, 0.05) is 0 Å². The fourth-order valence-corrected chi connectivity index (χ4v) is 4.07. The average molecular weight is 273 g/mol. The van der Waals surface area contributed by atoms with Crippen molar-refractivity contribution in [2.45, 2.75) is 51.0 Å². The first-order valence-corrected chi connectivity index (χ1v) is 7.79. The van der Waals surface area contributed by atoms with Crippen LogP contribution in [0.3, 0.4) is 0 Å². The molecule has 1 saturated carbocycles. The van der Waals surface area contributed by atoms with Crippen LogP contribution in [0.5, 0.6) is 0 Å². The van der Waals surface area contributed by atoms with Gasteiger partial charge in [-0.3, -0.25) is 0 Å². The summed E-state index contributed by atoms with van der Waals surface area (Å²) in [6.07, 6.45) is 6.73. The second-order valence-corrected chi connectivity index (χ2v) is 5.96. The van der Waals surface area contributed by atoms with Crippen LogP contribution in [-0.2, 0) is 16.7 Å². The van der Waals surface area contributed by atoms with Crippen LogP contribution in [-0.4, -0.2) is 12.7 Å². The van der Waals surface area contributed by atoms with E-state index in [0.717, 1.165) is 12.8 Å². The summed E-state index contributed by atoms with van der Waals surface area (Å²) in [6.45, 7) is 2.28. The Balaban J connectivity index is 1.99. The number of hydrogen-bond donors (Lipinski definition) is 1. The van der Waals surface area contributed by atoms with Gasteiger partial charge in [0.25, 0.3) is 0 Å². The zero-order chi connectivity index (χ0) is 14.0. The first-order valence-electron chi connectivity index (χ1n) is 7.79. The molecule has 0 aromatic heterocycles. The van der Waals surface area contributed by atoms with E-state index in [1.807, 2.05) is 6.92 Å². The predicted molar refractivity (Wildman–Crippen MR) is 78.6 cm³/mol. The van der Waals surface area contributed by atoms with Gasteiger partial charge in [-0.1, -0.05) is 37.1 Å². The van der Waals surface area contributed by atoms with Crippen LogP contribution in [0.2, 0.25) is 0 Å². The quantitative estimate of drug-likeness (QED) is 0.891. The Kier molecular flexibility index (Phi) is 3.68. The number of hydrogen-bond acceptors (Lipinski definition) is 2. The van der Waals surface area contributed by atoms with Gasteiger partial charge >= 0.3 is 6.09 Å². The van der Waals surface area contributed by atoms with Gasteiger partial charge in [-0.2, -0.15) is 0 Å². The largest absolute Gasteiger partial charge is 0.450 e. The SMILES string of the molecule is CCOC(=O)NC12CCCCC1CCc1ccccc12. The maximum Gasteiger partial charge on any atom is 0.407 e. The number of carbonyl (C=O) groups excluding carboxylic acids is 1. The van der Waals surface area contributed by atoms with Crippen molar-refractivity contribution >= 4 is 6.09 Å². The standard InChI is InChI=1S/C17H23NO2/c1-2-20-16(19)18-17-12-6-5-8-14(17)11-10-13-7-3-4-9-15(13)17/h3-4,7,9,14H,2,5-6,8,10-12H2,1H3,(H,18,19). The molecule has 0 radical (unpaired) electrons. The maximum absolute atomic E-state index is 12.0. The summed E-state index contributed by atoms with van der Waals surface area (Å²) in [5, 5.41) is 3.23. The van der Waals surface area contributed by atoms with Crippen LogP contribution in [0.4, 0.5) is 4.79 Å². The van der Waals surface area contributed by atoms with Crippen molar-refractivity contribution in [1.82, 2.24) is 5.32 Å². The van der Waals surface area contributed by atoms with Crippen molar-refractivity contribution in [2.24, 2.45) is 5.92 Å². The Morgan fingerprint density at radius 2 is 2.20 bits per heavy atom. The van der Waals surface area contributed by atoms with E-state index in [0.29, 0.717) is 12.5 Å². The van der Waals surface area contributed by atoms with E-state index in [4.69, 9.17) is 4.74 Å². The van der Waals surface area contributed by atoms with Crippen molar-refractivity contribution < 1.29 is 9.53 Å². The van der Waals surface area contributed by atoms with Gasteiger partial charge in [-0.25, -0.2) is 4.79 Å². The van der Waals surface area contributed by atoms with E-state index in [1.165, 1.54) is 36.8 Å². The van der Waals surface area contributed by atoms with E-state index in [2.05, 4.69) is 29.6 Å². The minimum atomic E-state index is -0.267. The molecule has 2 aliphatic carbocycles. The Labute approximate surface area is 120 Å². The molecule has 0 spiro atoms. The van der Waals surface area contributed by atoms with Crippen molar-refractivity contribution in [1.29, 1.82) is 0 Å². The first-order chi connectivity index (χ1) is 9.76. The zero-order valence-electron chi connectivity index (χ0n) is 12.2. The number of fused-ring (bicyclic) bond motifs is 3. The Morgan fingerprint density at radius 3 is 3.05 bits per heavy atom. The van der Waals surface area contributed by atoms with E-state index >= 15 is 0 Å². The molecule has 1 N–H and O–H groups in total. The summed E-state index contributed by atoms with van der Waals surface area (Å²) < 4.78 is 5.15. The van der Waals surface area contributed by atoms with Gasteiger partial charge in [0.1, 0.15) is 0 Å². The molecule has 0 heterocycles. The summed E-state index contributed by atoms with van der Waals surface area (Å²) in [7, 11) is 0.